The lowest BCUT2D eigenvalue weighted by molar-refractivity contribution is 0.0285. The summed E-state index contributed by atoms with van der Waals surface area (Å²) in [5, 5.41) is 3.64. The van der Waals surface area contributed by atoms with Gasteiger partial charge in [-0.1, -0.05) is 31.0 Å². The molecule has 0 aromatic heterocycles. The second-order valence-corrected chi connectivity index (χ2v) is 7.80. The highest BCUT2D eigenvalue weighted by Crippen LogP contribution is 2.26. The van der Waals surface area contributed by atoms with Crippen molar-refractivity contribution in [1.29, 1.82) is 0 Å². The van der Waals surface area contributed by atoms with Crippen molar-refractivity contribution >= 4 is 11.8 Å². The van der Waals surface area contributed by atoms with Gasteiger partial charge in [-0.2, -0.15) is 0 Å². The highest BCUT2D eigenvalue weighted by Gasteiger charge is 2.26. The van der Waals surface area contributed by atoms with Gasteiger partial charge in [0.1, 0.15) is 5.60 Å². The second kappa shape index (κ2) is 8.56. The average molecular weight is 348 g/mol. The number of para-hydroxylation sites is 1. The average Bonchev–Trinajstić information content (AvgIpc) is 2.55. The number of carbonyl (C=O) groups excluding carboxylic acids is 1. The van der Waals surface area contributed by atoms with Crippen molar-refractivity contribution in [3.05, 3.63) is 29.8 Å². The van der Waals surface area contributed by atoms with Gasteiger partial charge in [0.25, 0.3) is 0 Å². The first kappa shape index (κ1) is 19.6. The molecule has 2 rings (SSSR count). The van der Waals surface area contributed by atoms with Gasteiger partial charge in [0.2, 0.25) is 0 Å². The third-order valence-corrected chi connectivity index (χ3v) is 4.48. The third kappa shape index (κ3) is 5.92. The Morgan fingerprint density at radius 3 is 2.60 bits per heavy atom. The molecule has 1 aliphatic rings. The van der Waals surface area contributed by atoms with E-state index in [2.05, 4.69) is 11.4 Å². The van der Waals surface area contributed by atoms with Crippen LogP contribution in [0.3, 0.4) is 0 Å². The predicted octanol–water partition coefficient (Wildman–Crippen LogP) is 4.42. The van der Waals surface area contributed by atoms with Crippen molar-refractivity contribution in [2.75, 3.05) is 19.5 Å². The predicted molar refractivity (Wildman–Crippen MR) is 101 cm³/mol. The normalized spacial score (nSPS) is 20.8. The molecule has 1 aromatic carbocycles. The number of methoxy groups -OCH3 is 1. The maximum atomic E-state index is 12.2. The lowest BCUT2D eigenvalue weighted by Crippen LogP contribution is -2.38. The number of anilines is 1. The molecule has 2 unspecified atom stereocenters. The number of nitrogens with zero attached hydrogens (tertiary/aromatic N) is 1. The third-order valence-electron chi connectivity index (χ3n) is 4.48. The van der Waals surface area contributed by atoms with Gasteiger partial charge in [0.15, 0.2) is 0 Å². The molecule has 2 atom stereocenters. The lowest BCUT2D eigenvalue weighted by atomic mass is 9.92. The van der Waals surface area contributed by atoms with E-state index in [9.17, 15) is 4.79 Å². The molecule has 1 amide bonds. The fraction of sp³-hybridized carbons (Fsp3) is 0.650. The number of hydrogen-bond acceptors (Lipinski definition) is 4. The van der Waals surface area contributed by atoms with E-state index in [0.29, 0.717) is 12.6 Å². The maximum absolute atomic E-state index is 12.2. The van der Waals surface area contributed by atoms with E-state index >= 15 is 0 Å². The first-order valence-corrected chi connectivity index (χ1v) is 9.11. The molecule has 0 bridgehead atoms. The molecular weight excluding hydrogens is 316 g/mol. The lowest BCUT2D eigenvalue weighted by Gasteiger charge is -2.33. The molecule has 140 valence electrons. The van der Waals surface area contributed by atoms with E-state index in [0.717, 1.165) is 24.1 Å². The van der Waals surface area contributed by atoms with Crippen LogP contribution >= 0.6 is 0 Å². The highest BCUT2D eigenvalue weighted by molar-refractivity contribution is 5.68. The van der Waals surface area contributed by atoms with Gasteiger partial charge < -0.3 is 19.7 Å². The molecule has 0 spiro atoms. The number of rotatable bonds is 5. The van der Waals surface area contributed by atoms with Gasteiger partial charge in [-0.3, -0.25) is 0 Å². The summed E-state index contributed by atoms with van der Waals surface area (Å²) in [4.78, 5) is 13.8. The van der Waals surface area contributed by atoms with E-state index in [-0.39, 0.29) is 12.2 Å². The van der Waals surface area contributed by atoms with Crippen LogP contribution in [0, 0.1) is 0 Å². The summed E-state index contributed by atoms with van der Waals surface area (Å²) in [6, 6.07) is 8.45. The number of ether oxygens (including phenoxy) is 2. The largest absolute Gasteiger partial charge is 0.444 e. The van der Waals surface area contributed by atoms with E-state index in [4.69, 9.17) is 9.47 Å². The quantitative estimate of drug-likeness (QED) is 0.855. The molecule has 0 heterocycles. The smallest absolute Gasteiger partial charge is 0.410 e. The molecule has 25 heavy (non-hydrogen) atoms. The van der Waals surface area contributed by atoms with Crippen LogP contribution in [0.15, 0.2) is 24.3 Å². The SMILES string of the molecule is COC1CCCCC1Nc1ccccc1CN(C)C(=O)OC(C)(C)C. The summed E-state index contributed by atoms with van der Waals surface area (Å²) >= 11 is 0. The minimum absolute atomic E-state index is 0.241. The standard InChI is InChI=1S/C20H32N2O3/c1-20(2,3)25-19(23)22(4)14-15-10-6-7-11-16(15)21-17-12-8-9-13-18(17)24-5/h6-7,10-11,17-18,21H,8-9,12-14H2,1-5H3. The fourth-order valence-electron chi connectivity index (χ4n) is 3.20. The highest BCUT2D eigenvalue weighted by atomic mass is 16.6. The summed E-state index contributed by atoms with van der Waals surface area (Å²) in [7, 11) is 3.55. The Morgan fingerprint density at radius 2 is 1.92 bits per heavy atom. The number of amides is 1. The van der Waals surface area contributed by atoms with E-state index in [1.165, 1.54) is 12.8 Å². The zero-order chi connectivity index (χ0) is 18.4. The summed E-state index contributed by atoms with van der Waals surface area (Å²) in [6.45, 7) is 6.13. The van der Waals surface area contributed by atoms with Crippen LogP contribution in [0.25, 0.3) is 0 Å². The Labute approximate surface area is 151 Å². The summed E-state index contributed by atoms with van der Waals surface area (Å²) in [6.07, 6.45) is 4.57. The Kier molecular flexibility index (Phi) is 6.71. The molecule has 0 saturated heterocycles. The van der Waals surface area contributed by atoms with Crippen molar-refractivity contribution in [2.45, 2.75) is 70.7 Å². The van der Waals surface area contributed by atoms with Crippen LogP contribution in [-0.2, 0) is 16.0 Å². The van der Waals surface area contributed by atoms with Crippen LogP contribution in [0.1, 0.15) is 52.0 Å². The van der Waals surface area contributed by atoms with E-state index in [1.54, 1.807) is 19.1 Å². The minimum Gasteiger partial charge on any atom is -0.444 e. The van der Waals surface area contributed by atoms with Gasteiger partial charge in [0, 0.05) is 19.8 Å². The fourth-order valence-corrected chi connectivity index (χ4v) is 3.20. The maximum Gasteiger partial charge on any atom is 0.410 e. The van der Waals surface area contributed by atoms with Gasteiger partial charge >= 0.3 is 6.09 Å². The molecule has 5 heteroatoms. The van der Waals surface area contributed by atoms with Crippen LogP contribution in [0.4, 0.5) is 10.5 Å². The van der Waals surface area contributed by atoms with Gasteiger partial charge in [-0.15, -0.1) is 0 Å². The molecular formula is C20H32N2O3. The van der Waals surface area contributed by atoms with Crippen molar-refractivity contribution in [1.82, 2.24) is 4.90 Å². The van der Waals surface area contributed by atoms with Gasteiger partial charge in [-0.05, 0) is 45.2 Å². The molecule has 5 nitrogen and oxygen atoms in total. The number of benzene rings is 1. The van der Waals surface area contributed by atoms with Crippen molar-refractivity contribution in [2.24, 2.45) is 0 Å². The van der Waals surface area contributed by atoms with Crippen LogP contribution in [0.5, 0.6) is 0 Å². The van der Waals surface area contributed by atoms with Crippen molar-refractivity contribution in [3.8, 4) is 0 Å². The van der Waals surface area contributed by atoms with E-state index < -0.39 is 5.60 Å². The summed E-state index contributed by atoms with van der Waals surface area (Å²) < 4.78 is 11.1. The Hall–Kier alpha value is -1.75. The Bertz CT molecular complexity index is 568. The van der Waals surface area contributed by atoms with Gasteiger partial charge in [0.05, 0.1) is 18.7 Å². The first-order chi connectivity index (χ1) is 11.8. The van der Waals surface area contributed by atoms with E-state index in [1.807, 2.05) is 39.0 Å². The summed E-state index contributed by atoms with van der Waals surface area (Å²) in [5.41, 5.74) is 1.65. The first-order valence-electron chi connectivity index (χ1n) is 9.11. The molecule has 1 fully saturated rings. The zero-order valence-electron chi connectivity index (χ0n) is 16.2. The van der Waals surface area contributed by atoms with Crippen molar-refractivity contribution in [3.63, 3.8) is 0 Å². The molecule has 1 saturated carbocycles. The topological polar surface area (TPSA) is 50.8 Å². The van der Waals surface area contributed by atoms with Gasteiger partial charge in [-0.25, -0.2) is 4.79 Å². The molecule has 0 aliphatic heterocycles. The monoisotopic (exact) mass is 348 g/mol. The van der Waals surface area contributed by atoms with Crippen LogP contribution in [-0.4, -0.2) is 42.9 Å². The molecule has 0 radical (unpaired) electrons. The molecule has 1 aliphatic carbocycles. The Balaban J connectivity index is 2.06. The van der Waals surface area contributed by atoms with Crippen LogP contribution in [0.2, 0.25) is 0 Å². The zero-order valence-corrected chi connectivity index (χ0v) is 16.2. The van der Waals surface area contributed by atoms with Crippen molar-refractivity contribution < 1.29 is 14.3 Å². The van der Waals surface area contributed by atoms with Crippen LogP contribution < -0.4 is 5.32 Å². The molecule has 1 N–H and O–H groups in total. The summed E-state index contributed by atoms with van der Waals surface area (Å²) in [5.74, 6) is 0. The number of carbonyl (C=O) groups is 1. The molecule has 1 aromatic rings. The second-order valence-electron chi connectivity index (χ2n) is 7.80. The number of nitrogens with one attached hydrogen (secondary N) is 1. The Morgan fingerprint density at radius 1 is 1.24 bits per heavy atom. The minimum atomic E-state index is -0.489. The number of hydrogen-bond donors (Lipinski definition) is 1.